The van der Waals surface area contributed by atoms with Gasteiger partial charge in [0.05, 0.1) is 0 Å². The van der Waals surface area contributed by atoms with E-state index in [0.29, 0.717) is 11.6 Å². The second-order valence-corrected chi connectivity index (χ2v) is 3.50. The first kappa shape index (κ1) is 13.9. The zero-order valence-corrected chi connectivity index (χ0v) is 11.5. The standard InChI is InChI=1S/C10H13NOS.Na/c1-7(2)11-9-6-4-3-5-8(9)10(12)13;/h3-7,11H,1-2H3,(H,12,13);/q;+1/p-1. The third-order valence-corrected chi connectivity index (χ3v) is 1.81. The zero-order chi connectivity index (χ0) is 9.84. The Labute approximate surface area is 112 Å². The van der Waals surface area contributed by atoms with Gasteiger partial charge in [0.15, 0.2) is 0 Å². The summed E-state index contributed by atoms with van der Waals surface area (Å²) in [6.45, 7) is 4.04. The molecule has 0 amide bonds. The van der Waals surface area contributed by atoms with Crippen molar-refractivity contribution in [1.29, 1.82) is 0 Å². The minimum absolute atomic E-state index is 0. The predicted octanol–water partition coefficient (Wildman–Crippen LogP) is -0.802. The van der Waals surface area contributed by atoms with Crippen molar-refractivity contribution in [2.24, 2.45) is 0 Å². The molecule has 0 bridgehead atoms. The molecule has 1 aromatic carbocycles. The predicted molar refractivity (Wildman–Crippen MR) is 56.9 cm³/mol. The van der Waals surface area contributed by atoms with Crippen molar-refractivity contribution < 1.29 is 34.4 Å². The molecular formula is C10H12NNaOS. The summed E-state index contributed by atoms with van der Waals surface area (Å²) in [5, 5.41) is 2.85. The number of hydrogen-bond acceptors (Lipinski definition) is 3. The van der Waals surface area contributed by atoms with E-state index in [-0.39, 0.29) is 34.7 Å². The molecule has 0 aromatic heterocycles. The van der Waals surface area contributed by atoms with E-state index in [2.05, 4.69) is 17.9 Å². The van der Waals surface area contributed by atoms with Crippen molar-refractivity contribution in [1.82, 2.24) is 0 Å². The van der Waals surface area contributed by atoms with Gasteiger partial charge in [-0.15, -0.1) is 0 Å². The Morgan fingerprint density at radius 3 is 2.43 bits per heavy atom. The molecule has 1 N–H and O–H groups in total. The normalized spacial score (nSPS) is 9.36. The molecule has 0 aliphatic rings. The molecule has 2 nitrogen and oxygen atoms in total. The molecule has 4 heteroatoms. The molecule has 14 heavy (non-hydrogen) atoms. The Hall–Kier alpha value is -0.0900. The number of carbonyl (C=O) groups excluding carboxylic acids is 1. The molecular weight excluding hydrogens is 205 g/mol. The number of nitrogens with one attached hydrogen (secondary N) is 1. The summed E-state index contributed by atoms with van der Waals surface area (Å²) in [5.74, 6) is 0. The summed E-state index contributed by atoms with van der Waals surface area (Å²) in [5.41, 5.74) is 1.39. The van der Waals surface area contributed by atoms with Gasteiger partial charge in [-0.05, 0) is 19.9 Å². The van der Waals surface area contributed by atoms with E-state index in [9.17, 15) is 4.79 Å². The molecule has 0 saturated carbocycles. The molecule has 0 spiro atoms. The largest absolute Gasteiger partial charge is 1.00 e. The molecule has 0 aliphatic heterocycles. The van der Waals surface area contributed by atoms with Crippen LogP contribution in [0.2, 0.25) is 0 Å². The fraction of sp³-hybridized carbons (Fsp3) is 0.300. The van der Waals surface area contributed by atoms with Crippen LogP contribution in [-0.2, 0) is 12.6 Å². The third kappa shape index (κ3) is 3.96. The second-order valence-electron chi connectivity index (χ2n) is 3.13. The summed E-state index contributed by atoms with van der Waals surface area (Å²) in [6.07, 6.45) is 0. The van der Waals surface area contributed by atoms with Crippen LogP contribution in [0.15, 0.2) is 24.3 Å². The van der Waals surface area contributed by atoms with E-state index < -0.39 is 0 Å². The Morgan fingerprint density at radius 1 is 1.36 bits per heavy atom. The van der Waals surface area contributed by atoms with Crippen LogP contribution >= 0.6 is 0 Å². The molecule has 70 valence electrons. The maximum absolute atomic E-state index is 11.0. The van der Waals surface area contributed by atoms with Crippen LogP contribution in [0, 0.1) is 0 Å². The van der Waals surface area contributed by atoms with Gasteiger partial charge < -0.3 is 22.7 Å². The maximum Gasteiger partial charge on any atom is 1.00 e. The molecule has 1 rings (SSSR count). The monoisotopic (exact) mass is 217 g/mol. The van der Waals surface area contributed by atoms with Crippen LogP contribution in [0.5, 0.6) is 0 Å². The van der Waals surface area contributed by atoms with Crippen molar-refractivity contribution in [3.05, 3.63) is 29.8 Å². The molecule has 1 aromatic rings. The molecule has 0 radical (unpaired) electrons. The number of benzene rings is 1. The van der Waals surface area contributed by atoms with Crippen molar-refractivity contribution >= 4 is 23.4 Å². The van der Waals surface area contributed by atoms with Crippen LogP contribution in [0.1, 0.15) is 24.2 Å². The van der Waals surface area contributed by atoms with Gasteiger partial charge in [-0.2, -0.15) is 0 Å². The van der Waals surface area contributed by atoms with E-state index >= 15 is 0 Å². The fourth-order valence-corrected chi connectivity index (χ4v) is 1.28. The number of hydrogen-bond donors (Lipinski definition) is 1. The van der Waals surface area contributed by atoms with Gasteiger partial charge in [0.1, 0.15) is 0 Å². The molecule has 0 saturated heterocycles. The Balaban J connectivity index is 0.00000169. The number of rotatable bonds is 3. The quantitative estimate of drug-likeness (QED) is 0.531. The van der Waals surface area contributed by atoms with Crippen LogP contribution < -0.4 is 34.9 Å². The van der Waals surface area contributed by atoms with Crippen LogP contribution in [0.4, 0.5) is 5.69 Å². The van der Waals surface area contributed by atoms with E-state index in [0.717, 1.165) is 5.69 Å². The average Bonchev–Trinajstić information content (AvgIpc) is 2.03. The minimum Gasteiger partial charge on any atom is -0.737 e. The van der Waals surface area contributed by atoms with Gasteiger partial charge in [0.2, 0.25) is 0 Å². The van der Waals surface area contributed by atoms with Crippen LogP contribution in [-0.4, -0.2) is 11.2 Å². The van der Waals surface area contributed by atoms with Crippen LogP contribution in [0.3, 0.4) is 0 Å². The van der Waals surface area contributed by atoms with Crippen molar-refractivity contribution in [2.75, 3.05) is 5.32 Å². The second kappa shape index (κ2) is 6.40. The SMILES string of the molecule is CC(C)Nc1ccccc1C(=O)[S-].[Na+]. The summed E-state index contributed by atoms with van der Waals surface area (Å²) in [7, 11) is 0. The number of carbonyl (C=O) groups is 1. The van der Waals surface area contributed by atoms with Gasteiger partial charge in [-0.25, -0.2) is 0 Å². The number of para-hydroxylation sites is 1. The van der Waals surface area contributed by atoms with Crippen molar-refractivity contribution in [3.8, 4) is 0 Å². The molecule has 0 aliphatic carbocycles. The van der Waals surface area contributed by atoms with Crippen molar-refractivity contribution in [2.45, 2.75) is 19.9 Å². The first-order valence-corrected chi connectivity index (χ1v) is 4.59. The van der Waals surface area contributed by atoms with Gasteiger partial charge >= 0.3 is 29.6 Å². The average molecular weight is 217 g/mol. The summed E-state index contributed by atoms with van der Waals surface area (Å²) >= 11 is 4.61. The molecule has 0 unspecified atom stereocenters. The zero-order valence-electron chi connectivity index (χ0n) is 8.70. The Kier molecular flexibility index (Phi) is 6.36. The molecule has 0 atom stereocenters. The molecule has 0 fully saturated rings. The van der Waals surface area contributed by atoms with E-state index in [1.54, 1.807) is 6.07 Å². The third-order valence-electron chi connectivity index (χ3n) is 1.59. The first-order valence-electron chi connectivity index (χ1n) is 4.18. The fourth-order valence-electron chi connectivity index (χ4n) is 1.10. The Bertz CT molecular complexity index is 315. The smallest absolute Gasteiger partial charge is 0.737 e. The Morgan fingerprint density at radius 2 is 1.93 bits per heavy atom. The van der Waals surface area contributed by atoms with Crippen molar-refractivity contribution in [3.63, 3.8) is 0 Å². The topological polar surface area (TPSA) is 29.1 Å². The number of anilines is 1. The minimum atomic E-state index is -0.316. The van der Waals surface area contributed by atoms with Gasteiger partial charge in [-0.3, -0.25) is 0 Å². The van der Waals surface area contributed by atoms with Gasteiger partial charge in [-0.1, -0.05) is 18.2 Å². The summed E-state index contributed by atoms with van der Waals surface area (Å²) < 4.78 is 0. The van der Waals surface area contributed by atoms with Crippen LogP contribution in [0.25, 0.3) is 0 Å². The van der Waals surface area contributed by atoms with E-state index in [1.165, 1.54) is 0 Å². The van der Waals surface area contributed by atoms with E-state index in [1.807, 2.05) is 32.0 Å². The summed E-state index contributed by atoms with van der Waals surface area (Å²) in [4.78, 5) is 11.0. The van der Waals surface area contributed by atoms with Gasteiger partial charge in [0.25, 0.3) is 0 Å². The van der Waals surface area contributed by atoms with E-state index in [4.69, 9.17) is 0 Å². The summed E-state index contributed by atoms with van der Waals surface area (Å²) in [6, 6.07) is 7.59. The first-order chi connectivity index (χ1) is 6.11. The molecule has 0 heterocycles. The maximum atomic E-state index is 11.0. The van der Waals surface area contributed by atoms with Gasteiger partial charge in [0, 0.05) is 22.4 Å².